The van der Waals surface area contributed by atoms with E-state index in [0.717, 1.165) is 38.4 Å². The Kier molecular flexibility index (Phi) is 3.32. The first-order chi connectivity index (χ1) is 8.84. The van der Waals surface area contributed by atoms with E-state index in [1.165, 1.54) is 12.8 Å². The van der Waals surface area contributed by atoms with Gasteiger partial charge in [-0.05, 0) is 44.2 Å². The predicted molar refractivity (Wildman–Crippen MR) is 68.2 cm³/mol. The summed E-state index contributed by atoms with van der Waals surface area (Å²) in [5.41, 5.74) is 0.604. The van der Waals surface area contributed by atoms with Crippen molar-refractivity contribution in [2.24, 2.45) is 5.92 Å². The number of hydrogen-bond donors (Lipinski definition) is 2. The second-order valence-electron chi connectivity index (χ2n) is 5.30. The third kappa shape index (κ3) is 2.27. The molecule has 2 fully saturated rings. The van der Waals surface area contributed by atoms with Gasteiger partial charge in [0.25, 0.3) is 5.91 Å². The lowest BCUT2D eigenvalue weighted by atomic mass is 9.88. The Hall–Kier alpha value is -1.36. The molecule has 1 amide bonds. The number of nitrogens with zero attached hydrogens (tertiary/aromatic N) is 2. The number of carbonyl (C=O) groups excluding carboxylic acids is 1. The standard InChI is InChI=1S/C13H20N4O/c18-13(12-3-7-15-16-12)17-8-4-10(5-9-17)11-2-1-6-14-11/h3,7,10-11,14H,1-2,4-6,8-9H2,(H,15,16). The minimum absolute atomic E-state index is 0.0883. The Morgan fingerprint density at radius 3 is 2.78 bits per heavy atom. The Morgan fingerprint density at radius 1 is 1.33 bits per heavy atom. The molecule has 0 aromatic carbocycles. The smallest absolute Gasteiger partial charge is 0.271 e. The van der Waals surface area contributed by atoms with E-state index in [0.29, 0.717) is 11.7 Å². The summed E-state index contributed by atoms with van der Waals surface area (Å²) >= 11 is 0. The van der Waals surface area contributed by atoms with Gasteiger partial charge in [-0.15, -0.1) is 0 Å². The highest BCUT2D eigenvalue weighted by molar-refractivity contribution is 5.92. The topological polar surface area (TPSA) is 61.0 Å². The number of hydrogen-bond acceptors (Lipinski definition) is 3. The van der Waals surface area contributed by atoms with Gasteiger partial charge in [-0.25, -0.2) is 0 Å². The van der Waals surface area contributed by atoms with Crippen LogP contribution in [0, 0.1) is 5.92 Å². The van der Waals surface area contributed by atoms with Crippen LogP contribution in [0.1, 0.15) is 36.2 Å². The lowest BCUT2D eigenvalue weighted by molar-refractivity contribution is 0.0668. The van der Waals surface area contributed by atoms with Gasteiger partial charge in [0.2, 0.25) is 0 Å². The third-order valence-electron chi connectivity index (χ3n) is 4.23. The minimum Gasteiger partial charge on any atom is -0.337 e. The number of aromatic nitrogens is 2. The van der Waals surface area contributed by atoms with Crippen LogP contribution in [0.2, 0.25) is 0 Å². The molecule has 0 spiro atoms. The Labute approximate surface area is 107 Å². The molecular formula is C13H20N4O. The van der Waals surface area contributed by atoms with E-state index in [4.69, 9.17) is 0 Å². The highest BCUT2D eigenvalue weighted by Gasteiger charge is 2.30. The first-order valence-electron chi connectivity index (χ1n) is 6.86. The molecule has 0 radical (unpaired) electrons. The summed E-state index contributed by atoms with van der Waals surface area (Å²) < 4.78 is 0. The second-order valence-corrected chi connectivity index (χ2v) is 5.30. The quantitative estimate of drug-likeness (QED) is 0.821. The molecule has 3 heterocycles. The van der Waals surface area contributed by atoms with Crippen LogP contribution in [-0.2, 0) is 0 Å². The molecule has 0 aliphatic carbocycles. The van der Waals surface area contributed by atoms with Gasteiger partial charge in [-0.2, -0.15) is 5.10 Å². The molecule has 18 heavy (non-hydrogen) atoms. The van der Waals surface area contributed by atoms with Crippen molar-refractivity contribution in [3.8, 4) is 0 Å². The molecule has 2 aliphatic heterocycles. The summed E-state index contributed by atoms with van der Waals surface area (Å²) in [6.07, 6.45) is 6.48. The van der Waals surface area contributed by atoms with Gasteiger partial charge in [-0.1, -0.05) is 0 Å². The fourth-order valence-corrected chi connectivity index (χ4v) is 3.16. The molecular weight excluding hydrogens is 228 g/mol. The van der Waals surface area contributed by atoms with Crippen molar-refractivity contribution in [3.63, 3.8) is 0 Å². The summed E-state index contributed by atoms with van der Waals surface area (Å²) in [6.45, 7) is 2.92. The van der Waals surface area contributed by atoms with Crippen molar-refractivity contribution >= 4 is 5.91 Å². The summed E-state index contributed by atoms with van der Waals surface area (Å²) in [6, 6.07) is 2.43. The van der Waals surface area contributed by atoms with E-state index in [1.54, 1.807) is 12.3 Å². The van der Waals surface area contributed by atoms with Crippen molar-refractivity contribution in [1.29, 1.82) is 0 Å². The number of nitrogens with one attached hydrogen (secondary N) is 2. The van der Waals surface area contributed by atoms with Gasteiger partial charge in [0.1, 0.15) is 5.69 Å². The SMILES string of the molecule is O=C(c1ccn[nH]1)N1CCC(C2CCCN2)CC1. The van der Waals surface area contributed by atoms with Crippen LogP contribution in [0.5, 0.6) is 0 Å². The van der Waals surface area contributed by atoms with E-state index in [1.807, 2.05) is 4.90 Å². The number of amides is 1. The number of rotatable bonds is 2. The van der Waals surface area contributed by atoms with Crippen LogP contribution in [-0.4, -0.2) is 46.7 Å². The van der Waals surface area contributed by atoms with E-state index >= 15 is 0 Å². The number of aromatic amines is 1. The van der Waals surface area contributed by atoms with Crippen LogP contribution >= 0.6 is 0 Å². The molecule has 1 unspecified atom stereocenters. The molecule has 5 heteroatoms. The van der Waals surface area contributed by atoms with Crippen molar-refractivity contribution in [3.05, 3.63) is 18.0 Å². The van der Waals surface area contributed by atoms with Crippen molar-refractivity contribution in [2.75, 3.05) is 19.6 Å². The van der Waals surface area contributed by atoms with E-state index in [2.05, 4.69) is 15.5 Å². The maximum atomic E-state index is 12.1. The molecule has 1 aromatic rings. The lowest BCUT2D eigenvalue weighted by Crippen LogP contribution is -2.43. The largest absolute Gasteiger partial charge is 0.337 e. The normalized spacial score (nSPS) is 25.6. The molecule has 3 rings (SSSR count). The van der Waals surface area contributed by atoms with Gasteiger partial charge in [0, 0.05) is 25.3 Å². The van der Waals surface area contributed by atoms with Crippen LogP contribution in [0.25, 0.3) is 0 Å². The molecule has 5 nitrogen and oxygen atoms in total. The maximum absolute atomic E-state index is 12.1. The molecule has 1 atom stereocenters. The Bertz CT molecular complexity index is 389. The van der Waals surface area contributed by atoms with E-state index in [-0.39, 0.29) is 5.91 Å². The maximum Gasteiger partial charge on any atom is 0.271 e. The molecule has 2 aliphatic rings. The van der Waals surface area contributed by atoms with Crippen molar-refractivity contribution < 1.29 is 4.79 Å². The van der Waals surface area contributed by atoms with Crippen molar-refractivity contribution in [2.45, 2.75) is 31.7 Å². The van der Waals surface area contributed by atoms with E-state index < -0.39 is 0 Å². The Morgan fingerprint density at radius 2 is 2.17 bits per heavy atom. The number of H-pyrrole nitrogens is 1. The zero-order valence-corrected chi connectivity index (χ0v) is 10.6. The van der Waals surface area contributed by atoms with Gasteiger partial charge in [-0.3, -0.25) is 9.89 Å². The zero-order chi connectivity index (χ0) is 12.4. The average molecular weight is 248 g/mol. The molecule has 2 saturated heterocycles. The van der Waals surface area contributed by atoms with Crippen molar-refractivity contribution in [1.82, 2.24) is 20.4 Å². The monoisotopic (exact) mass is 248 g/mol. The van der Waals surface area contributed by atoms with Crippen LogP contribution in [0.3, 0.4) is 0 Å². The molecule has 2 N–H and O–H groups in total. The third-order valence-corrected chi connectivity index (χ3v) is 4.23. The fourth-order valence-electron chi connectivity index (χ4n) is 3.16. The number of carbonyl (C=O) groups is 1. The predicted octanol–water partition coefficient (Wildman–Crippen LogP) is 1.01. The van der Waals surface area contributed by atoms with Crippen LogP contribution in [0.4, 0.5) is 0 Å². The first kappa shape index (κ1) is 11.7. The summed E-state index contributed by atoms with van der Waals surface area (Å²) in [7, 11) is 0. The summed E-state index contributed by atoms with van der Waals surface area (Å²) in [4.78, 5) is 14.1. The van der Waals surface area contributed by atoms with Crippen LogP contribution < -0.4 is 5.32 Å². The van der Waals surface area contributed by atoms with Gasteiger partial charge >= 0.3 is 0 Å². The lowest BCUT2D eigenvalue weighted by Gasteiger charge is -2.34. The second kappa shape index (κ2) is 5.10. The number of piperidine rings is 1. The highest BCUT2D eigenvalue weighted by atomic mass is 16.2. The average Bonchev–Trinajstić information content (AvgIpc) is 3.11. The van der Waals surface area contributed by atoms with E-state index in [9.17, 15) is 4.79 Å². The van der Waals surface area contributed by atoms with Crippen LogP contribution in [0.15, 0.2) is 12.3 Å². The molecule has 1 aromatic heterocycles. The number of likely N-dealkylation sites (tertiary alicyclic amines) is 1. The van der Waals surface area contributed by atoms with Gasteiger partial charge in [0.15, 0.2) is 0 Å². The Balaban J connectivity index is 1.55. The molecule has 0 saturated carbocycles. The minimum atomic E-state index is 0.0883. The summed E-state index contributed by atoms with van der Waals surface area (Å²) in [5, 5.41) is 10.2. The molecule has 98 valence electrons. The van der Waals surface area contributed by atoms with Gasteiger partial charge in [0.05, 0.1) is 0 Å². The fraction of sp³-hybridized carbons (Fsp3) is 0.692. The first-order valence-corrected chi connectivity index (χ1v) is 6.86. The highest BCUT2D eigenvalue weighted by Crippen LogP contribution is 2.26. The zero-order valence-electron chi connectivity index (χ0n) is 10.6. The summed E-state index contributed by atoms with van der Waals surface area (Å²) in [5.74, 6) is 0.837. The van der Waals surface area contributed by atoms with Gasteiger partial charge < -0.3 is 10.2 Å². The molecule has 0 bridgehead atoms.